The molecule has 0 radical (unpaired) electrons. The summed E-state index contributed by atoms with van der Waals surface area (Å²) in [7, 11) is -2.47. The minimum atomic E-state index is -3.75. The largest absolute Gasteiger partial charge is 0.492 e. The summed E-state index contributed by atoms with van der Waals surface area (Å²) in [5.41, 5.74) is 0.198. The van der Waals surface area contributed by atoms with Gasteiger partial charge in [0.15, 0.2) is 0 Å². The zero-order chi connectivity index (χ0) is 20.1. The van der Waals surface area contributed by atoms with Crippen LogP contribution in [0.3, 0.4) is 0 Å². The van der Waals surface area contributed by atoms with Gasteiger partial charge >= 0.3 is 0 Å². The number of nitrogens with one attached hydrogen (secondary N) is 2. The topological polar surface area (TPSA) is 84.5 Å². The van der Waals surface area contributed by atoms with E-state index >= 15 is 0 Å². The van der Waals surface area contributed by atoms with E-state index in [1.807, 2.05) is 42.5 Å². The third-order valence-electron chi connectivity index (χ3n) is 4.13. The molecule has 0 bridgehead atoms. The standard InChI is InChI=1S/C20H19ClN2O4S/c1-22-28(25,26)19-13-16(7-9-18(19)21)20(24)23-10-11-27-17-8-6-14-4-2-3-5-15(14)12-17/h2-9,12-13,22H,10-11H2,1H3,(H,23,24). The summed E-state index contributed by atoms with van der Waals surface area (Å²) in [6.45, 7) is 0.543. The van der Waals surface area contributed by atoms with Crippen molar-refractivity contribution in [2.45, 2.75) is 4.90 Å². The van der Waals surface area contributed by atoms with Crippen molar-refractivity contribution in [3.8, 4) is 5.75 Å². The molecule has 0 aliphatic carbocycles. The molecule has 0 saturated carbocycles. The maximum absolute atomic E-state index is 12.3. The van der Waals surface area contributed by atoms with E-state index in [0.29, 0.717) is 5.75 Å². The summed E-state index contributed by atoms with van der Waals surface area (Å²) < 4.78 is 31.8. The molecule has 28 heavy (non-hydrogen) atoms. The Kier molecular flexibility index (Phi) is 6.18. The first kappa shape index (κ1) is 20.1. The van der Waals surface area contributed by atoms with Gasteiger partial charge in [0.2, 0.25) is 10.0 Å². The van der Waals surface area contributed by atoms with E-state index in [2.05, 4.69) is 10.0 Å². The molecule has 0 spiro atoms. The third-order valence-corrected chi connectivity index (χ3v) is 6.02. The Morgan fingerprint density at radius 1 is 1.04 bits per heavy atom. The molecule has 3 aromatic carbocycles. The molecule has 1 amide bonds. The summed E-state index contributed by atoms with van der Waals surface area (Å²) in [4.78, 5) is 12.1. The zero-order valence-corrected chi connectivity index (χ0v) is 16.7. The van der Waals surface area contributed by atoms with Gasteiger partial charge in [-0.2, -0.15) is 0 Å². The highest BCUT2D eigenvalue weighted by Gasteiger charge is 2.18. The van der Waals surface area contributed by atoms with Crippen molar-refractivity contribution in [1.82, 2.24) is 10.0 Å². The van der Waals surface area contributed by atoms with Gasteiger partial charge in [-0.25, -0.2) is 13.1 Å². The molecule has 0 fully saturated rings. The summed E-state index contributed by atoms with van der Waals surface area (Å²) in [6.07, 6.45) is 0. The van der Waals surface area contributed by atoms with Gasteiger partial charge in [0.25, 0.3) is 5.91 Å². The molecule has 0 heterocycles. The number of carbonyl (C=O) groups excluding carboxylic acids is 1. The number of rotatable bonds is 7. The van der Waals surface area contributed by atoms with Crippen LogP contribution >= 0.6 is 11.6 Å². The van der Waals surface area contributed by atoms with Crippen LogP contribution in [0, 0.1) is 0 Å². The van der Waals surface area contributed by atoms with Gasteiger partial charge in [-0.05, 0) is 48.2 Å². The van der Waals surface area contributed by atoms with E-state index in [0.717, 1.165) is 10.8 Å². The molecule has 0 aromatic heterocycles. The van der Waals surface area contributed by atoms with E-state index in [1.165, 1.54) is 25.2 Å². The highest BCUT2D eigenvalue weighted by atomic mass is 35.5. The zero-order valence-electron chi connectivity index (χ0n) is 15.1. The fourth-order valence-electron chi connectivity index (χ4n) is 2.65. The van der Waals surface area contributed by atoms with Gasteiger partial charge in [0.05, 0.1) is 11.6 Å². The number of hydrogen-bond donors (Lipinski definition) is 2. The number of ether oxygens (including phenoxy) is 1. The maximum atomic E-state index is 12.3. The van der Waals surface area contributed by atoms with Crippen LogP contribution in [0.4, 0.5) is 0 Å². The number of halogens is 1. The fraction of sp³-hybridized carbons (Fsp3) is 0.150. The first-order chi connectivity index (χ1) is 13.4. The quantitative estimate of drug-likeness (QED) is 0.577. The van der Waals surface area contributed by atoms with E-state index in [1.54, 1.807) is 0 Å². The Bertz CT molecular complexity index is 1120. The lowest BCUT2D eigenvalue weighted by Gasteiger charge is -2.10. The van der Waals surface area contributed by atoms with Crippen LogP contribution in [-0.2, 0) is 10.0 Å². The Balaban J connectivity index is 1.59. The third kappa shape index (κ3) is 4.62. The number of amides is 1. The Hall–Kier alpha value is -2.61. The lowest BCUT2D eigenvalue weighted by atomic mass is 10.1. The van der Waals surface area contributed by atoms with Crippen molar-refractivity contribution in [1.29, 1.82) is 0 Å². The second kappa shape index (κ2) is 8.60. The minimum Gasteiger partial charge on any atom is -0.492 e. The number of hydrogen-bond acceptors (Lipinski definition) is 4. The molecule has 3 rings (SSSR count). The highest BCUT2D eigenvalue weighted by Crippen LogP contribution is 2.22. The Labute approximate surface area is 168 Å². The van der Waals surface area contributed by atoms with Crippen LogP contribution in [0.25, 0.3) is 10.8 Å². The molecule has 0 saturated heterocycles. The van der Waals surface area contributed by atoms with Crippen molar-refractivity contribution in [2.24, 2.45) is 0 Å². The lowest BCUT2D eigenvalue weighted by molar-refractivity contribution is 0.0947. The van der Waals surface area contributed by atoms with E-state index in [-0.39, 0.29) is 28.6 Å². The lowest BCUT2D eigenvalue weighted by Crippen LogP contribution is -2.28. The Morgan fingerprint density at radius 3 is 2.54 bits per heavy atom. The van der Waals surface area contributed by atoms with Crippen LogP contribution in [0.2, 0.25) is 5.02 Å². The van der Waals surface area contributed by atoms with Crippen LogP contribution < -0.4 is 14.8 Å². The maximum Gasteiger partial charge on any atom is 0.251 e. The first-order valence-electron chi connectivity index (χ1n) is 8.53. The molecule has 8 heteroatoms. The van der Waals surface area contributed by atoms with Crippen molar-refractivity contribution in [3.63, 3.8) is 0 Å². The molecule has 6 nitrogen and oxygen atoms in total. The van der Waals surface area contributed by atoms with Crippen molar-refractivity contribution >= 4 is 38.3 Å². The van der Waals surface area contributed by atoms with Gasteiger partial charge < -0.3 is 10.1 Å². The number of fused-ring (bicyclic) bond motifs is 1. The van der Waals surface area contributed by atoms with Crippen LogP contribution in [0.15, 0.2) is 65.6 Å². The van der Waals surface area contributed by atoms with Crippen LogP contribution in [0.5, 0.6) is 5.75 Å². The van der Waals surface area contributed by atoms with Gasteiger partial charge in [-0.1, -0.05) is 41.9 Å². The van der Waals surface area contributed by atoms with Crippen molar-refractivity contribution in [3.05, 3.63) is 71.2 Å². The average Bonchev–Trinajstić information content (AvgIpc) is 2.71. The molecule has 0 unspecified atom stereocenters. The molecule has 0 aliphatic rings. The molecule has 0 aliphatic heterocycles. The summed E-state index contributed by atoms with van der Waals surface area (Å²) in [6, 6.07) is 17.8. The van der Waals surface area contributed by atoms with Crippen molar-refractivity contribution < 1.29 is 17.9 Å². The van der Waals surface area contributed by atoms with Gasteiger partial charge in [0, 0.05) is 5.56 Å². The van der Waals surface area contributed by atoms with E-state index in [9.17, 15) is 13.2 Å². The van der Waals surface area contributed by atoms with Crippen LogP contribution in [0.1, 0.15) is 10.4 Å². The van der Waals surface area contributed by atoms with Crippen molar-refractivity contribution in [2.75, 3.05) is 20.2 Å². The highest BCUT2D eigenvalue weighted by molar-refractivity contribution is 7.89. The number of benzene rings is 3. The summed E-state index contributed by atoms with van der Waals surface area (Å²) >= 11 is 5.93. The van der Waals surface area contributed by atoms with Gasteiger partial charge in [-0.15, -0.1) is 0 Å². The monoisotopic (exact) mass is 418 g/mol. The average molecular weight is 419 g/mol. The summed E-state index contributed by atoms with van der Waals surface area (Å²) in [5.74, 6) is 0.299. The second-order valence-corrected chi connectivity index (χ2v) is 8.23. The molecule has 2 N–H and O–H groups in total. The fourth-order valence-corrected chi connectivity index (χ4v) is 3.90. The smallest absolute Gasteiger partial charge is 0.251 e. The van der Waals surface area contributed by atoms with E-state index in [4.69, 9.17) is 16.3 Å². The molecule has 0 atom stereocenters. The SMILES string of the molecule is CNS(=O)(=O)c1cc(C(=O)NCCOc2ccc3ccccc3c2)ccc1Cl. The molecular formula is C20H19ClN2O4S. The number of sulfonamides is 1. The van der Waals surface area contributed by atoms with Gasteiger partial charge in [0.1, 0.15) is 17.3 Å². The molecule has 3 aromatic rings. The minimum absolute atomic E-state index is 0.0468. The predicted octanol–water partition coefficient (Wildman–Crippen LogP) is 3.21. The molecular weight excluding hydrogens is 400 g/mol. The number of carbonyl (C=O) groups is 1. The second-order valence-electron chi connectivity index (χ2n) is 5.97. The van der Waals surface area contributed by atoms with Crippen LogP contribution in [-0.4, -0.2) is 34.5 Å². The predicted molar refractivity (Wildman–Crippen MR) is 109 cm³/mol. The first-order valence-corrected chi connectivity index (χ1v) is 10.4. The molecule has 146 valence electrons. The van der Waals surface area contributed by atoms with Gasteiger partial charge in [-0.3, -0.25) is 4.79 Å². The summed E-state index contributed by atoms with van der Waals surface area (Å²) in [5, 5.41) is 4.94. The van der Waals surface area contributed by atoms with E-state index < -0.39 is 15.9 Å². The normalized spacial score (nSPS) is 11.4. The Morgan fingerprint density at radius 2 is 1.79 bits per heavy atom.